The van der Waals surface area contributed by atoms with E-state index in [4.69, 9.17) is 4.74 Å². The quantitative estimate of drug-likeness (QED) is 0.717. The molecule has 0 aromatic heterocycles. The topological polar surface area (TPSA) is 26.3 Å². The lowest BCUT2D eigenvalue weighted by Crippen LogP contribution is -2.20. The highest BCUT2D eigenvalue weighted by atomic mass is 79.9. The number of carbonyl (C=O) groups is 1. The van der Waals surface area contributed by atoms with Crippen molar-refractivity contribution in [2.75, 3.05) is 6.61 Å². The molecule has 110 valence electrons. The molecule has 3 rings (SSSR count). The van der Waals surface area contributed by atoms with Gasteiger partial charge < -0.3 is 4.74 Å². The molecule has 2 aromatic carbocycles. The molecular weight excluding hydrogens is 328 g/mol. The van der Waals surface area contributed by atoms with Crippen molar-refractivity contribution in [2.24, 2.45) is 0 Å². The predicted molar refractivity (Wildman–Crippen MR) is 88.8 cm³/mol. The molecule has 0 N–H and O–H groups in total. The van der Waals surface area contributed by atoms with Crippen molar-refractivity contribution < 1.29 is 9.53 Å². The van der Waals surface area contributed by atoms with Crippen LogP contribution in [-0.2, 0) is 4.74 Å². The van der Waals surface area contributed by atoms with Gasteiger partial charge in [-0.2, -0.15) is 0 Å². The number of benzene rings is 2. The van der Waals surface area contributed by atoms with Crippen LogP contribution >= 0.6 is 15.9 Å². The molecule has 0 spiro atoms. The molecule has 0 saturated carbocycles. The molecule has 2 nitrogen and oxygen atoms in total. The largest absolute Gasteiger partial charge is 0.378 e. The fourth-order valence-electron chi connectivity index (χ4n) is 2.97. The van der Waals surface area contributed by atoms with E-state index in [0.29, 0.717) is 6.42 Å². The lowest BCUT2D eigenvalue weighted by Gasteiger charge is -2.22. The standard InChI is InChI=1S/C18H19BrO2/c19-17-10-9-16(14-6-1-2-7-15(14)17)18(20)11-8-13-5-3-4-12-21-13/h1-2,6-7,9-10,13H,3-5,8,11-12H2. The Morgan fingerprint density at radius 3 is 2.71 bits per heavy atom. The summed E-state index contributed by atoms with van der Waals surface area (Å²) in [6.07, 6.45) is 5.14. The average molecular weight is 347 g/mol. The molecule has 1 saturated heterocycles. The second-order valence-electron chi connectivity index (χ2n) is 5.59. The highest BCUT2D eigenvalue weighted by Crippen LogP contribution is 2.28. The van der Waals surface area contributed by atoms with Gasteiger partial charge in [0.1, 0.15) is 0 Å². The third-order valence-electron chi connectivity index (χ3n) is 4.14. The number of hydrogen-bond donors (Lipinski definition) is 0. The second-order valence-corrected chi connectivity index (χ2v) is 6.45. The molecule has 3 heteroatoms. The predicted octanol–water partition coefficient (Wildman–Crippen LogP) is 5.13. The Bertz CT molecular complexity index is 645. The monoisotopic (exact) mass is 346 g/mol. The zero-order valence-electron chi connectivity index (χ0n) is 12.0. The highest BCUT2D eigenvalue weighted by Gasteiger charge is 2.17. The summed E-state index contributed by atoms with van der Waals surface area (Å²) in [5.41, 5.74) is 0.824. The molecule has 1 atom stereocenters. The molecule has 1 heterocycles. The molecule has 0 bridgehead atoms. The Kier molecular flexibility index (Phi) is 4.71. The molecule has 0 aliphatic carbocycles. The molecule has 0 amide bonds. The van der Waals surface area contributed by atoms with E-state index in [1.165, 1.54) is 6.42 Å². The molecule has 1 fully saturated rings. The van der Waals surface area contributed by atoms with Crippen molar-refractivity contribution in [3.63, 3.8) is 0 Å². The van der Waals surface area contributed by atoms with Crippen molar-refractivity contribution in [3.05, 3.63) is 46.4 Å². The summed E-state index contributed by atoms with van der Waals surface area (Å²) in [5, 5.41) is 2.12. The summed E-state index contributed by atoms with van der Waals surface area (Å²) in [4.78, 5) is 12.5. The van der Waals surface area contributed by atoms with Crippen LogP contribution in [0, 0.1) is 0 Å². The van der Waals surface area contributed by atoms with Gasteiger partial charge in [0.15, 0.2) is 5.78 Å². The third kappa shape index (κ3) is 3.35. The summed E-state index contributed by atoms with van der Waals surface area (Å²) in [6, 6.07) is 11.9. The van der Waals surface area contributed by atoms with Crippen molar-refractivity contribution in [2.45, 2.75) is 38.2 Å². The van der Waals surface area contributed by atoms with Gasteiger partial charge in [-0.1, -0.05) is 40.2 Å². The van der Waals surface area contributed by atoms with Crippen LogP contribution in [0.25, 0.3) is 10.8 Å². The van der Waals surface area contributed by atoms with Crippen LogP contribution in [0.15, 0.2) is 40.9 Å². The van der Waals surface area contributed by atoms with Gasteiger partial charge in [-0.25, -0.2) is 0 Å². The van der Waals surface area contributed by atoms with Gasteiger partial charge in [0.05, 0.1) is 6.10 Å². The number of hydrogen-bond acceptors (Lipinski definition) is 2. The van der Waals surface area contributed by atoms with E-state index in [2.05, 4.69) is 15.9 Å². The number of ether oxygens (including phenoxy) is 1. The third-order valence-corrected chi connectivity index (χ3v) is 4.83. The summed E-state index contributed by atoms with van der Waals surface area (Å²) in [6.45, 7) is 0.847. The fourth-order valence-corrected chi connectivity index (χ4v) is 3.45. The van der Waals surface area contributed by atoms with Gasteiger partial charge in [0, 0.05) is 23.1 Å². The van der Waals surface area contributed by atoms with Crippen LogP contribution in [-0.4, -0.2) is 18.5 Å². The van der Waals surface area contributed by atoms with Crippen molar-refractivity contribution in [1.82, 2.24) is 0 Å². The number of rotatable bonds is 4. The zero-order chi connectivity index (χ0) is 14.7. The number of halogens is 1. The molecule has 1 aliphatic rings. The normalized spacial score (nSPS) is 18.8. The maximum atomic E-state index is 12.5. The van der Waals surface area contributed by atoms with Crippen LogP contribution < -0.4 is 0 Å². The van der Waals surface area contributed by atoms with Crippen molar-refractivity contribution in [3.8, 4) is 0 Å². The number of fused-ring (bicyclic) bond motifs is 1. The summed E-state index contributed by atoms with van der Waals surface area (Å²) < 4.78 is 6.74. The van der Waals surface area contributed by atoms with E-state index in [0.717, 1.165) is 46.7 Å². The van der Waals surface area contributed by atoms with Crippen LogP contribution in [0.3, 0.4) is 0 Å². The lowest BCUT2D eigenvalue weighted by atomic mass is 9.96. The van der Waals surface area contributed by atoms with Gasteiger partial charge in [0.25, 0.3) is 0 Å². The summed E-state index contributed by atoms with van der Waals surface area (Å²) >= 11 is 3.55. The van der Waals surface area contributed by atoms with Crippen LogP contribution in [0.4, 0.5) is 0 Å². The van der Waals surface area contributed by atoms with Crippen molar-refractivity contribution >= 4 is 32.5 Å². The van der Waals surface area contributed by atoms with E-state index in [1.54, 1.807) is 0 Å². The zero-order valence-corrected chi connectivity index (χ0v) is 13.6. The van der Waals surface area contributed by atoms with Gasteiger partial charge >= 0.3 is 0 Å². The first-order valence-corrected chi connectivity index (χ1v) is 8.37. The second kappa shape index (κ2) is 6.71. The maximum absolute atomic E-state index is 12.5. The lowest BCUT2D eigenvalue weighted by molar-refractivity contribution is 0.0104. The Labute approximate surface area is 133 Å². The van der Waals surface area contributed by atoms with Gasteiger partial charge in [-0.3, -0.25) is 4.79 Å². The Morgan fingerprint density at radius 1 is 1.14 bits per heavy atom. The number of Topliss-reactive ketones (excluding diaryl/α,β-unsaturated/α-hetero) is 1. The van der Waals surface area contributed by atoms with E-state index >= 15 is 0 Å². The molecule has 1 unspecified atom stereocenters. The first-order valence-electron chi connectivity index (χ1n) is 7.58. The van der Waals surface area contributed by atoms with Crippen LogP contribution in [0.1, 0.15) is 42.5 Å². The van der Waals surface area contributed by atoms with E-state index in [9.17, 15) is 4.79 Å². The van der Waals surface area contributed by atoms with E-state index in [1.807, 2.05) is 36.4 Å². The SMILES string of the molecule is O=C(CCC1CCCCO1)c1ccc(Br)c2ccccc12. The minimum atomic E-state index is 0.216. The van der Waals surface area contributed by atoms with Crippen LogP contribution in [0.5, 0.6) is 0 Å². The average Bonchev–Trinajstić information content (AvgIpc) is 2.54. The Hall–Kier alpha value is -1.19. The first kappa shape index (κ1) is 14.7. The minimum Gasteiger partial charge on any atom is -0.378 e. The fraction of sp³-hybridized carbons (Fsp3) is 0.389. The number of carbonyl (C=O) groups excluding carboxylic acids is 1. The summed E-state index contributed by atoms with van der Waals surface area (Å²) in [7, 11) is 0. The Balaban J connectivity index is 1.77. The first-order chi connectivity index (χ1) is 10.3. The minimum absolute atomic E-state index is 0.216. The molecular formula is C18H19BrO2. The molecule has 2 aromatic rings. The van der Waals surface area contributed by atoms with E-state index in [-0.39, 0.29) is 11.9 Å². The van der Waals surface area contributed by atoms with E-state index < -0.39 is 0 Å². The number of ketones is 1. The van der Waals surface area contributed by atoms with Crippen LogP contribution in [0.2, 0.25) is 0 Å². The van der Waals surface area contributed by atoms with Gasteiger partial charge in [0.2, 0.25) is 0 Å². The van der Waals surface area contributed by atoms with Gasteiger partial charge in [-0.15, -0.1) is 0 Å². The maximum Gasteiger partial charge on any atom is 0.163 e. The highest BCUT2D eigenvalue weighted by molar-refractivity contribution is 9.10. The Morgan fingerprint density at radius 2 is 1.95 bits per heavy atom. The summed E-state index contributed by atoms with van der Waals surface area (Å²) in [5.74, 6) is 0.216. The molecule has 1 aliphatic heterocycles. The smallest absolute Gasteiger partial charge is 0.163 e. The van der Waals surface area contributed by atoms with Gasteiger partial charge in [-0.05, 0) is 48.6 Å². The molecule has 21 heavy (non-hydrogen) atoms. The van der Waals surface area contributed by atoms with Crippen molar-refractivity contribution in [1.29, 1.82) is 0 Å². The molecule has 0 radical (unpaired) electrons.